The van der Waals surface area contributed by atoms with Crippen LogP contribution in [0.2, 0.25) is 0 Å². The summed E-state index contributed by atoms with van der Waals surface area (Å²) in [6.45, 7) is 6.63. The van der Waals surface area contributed by atoms with E-state index in [-0.39, 0.29) is 16.5 Å². The Bertz CT molecular complexity index is 1630. The highest BCUT2D eigenvalue weighted by Crippen LogP contribution is 2.46. The topological polar surface area (TPSA) is 89.0 Å². The number of carbonyl (C=O) groups is 2. The van der Waals surface area contributed by atoms with Crippen molar-refractivity contribution in [3.63, 3.8) is 0 Å². The Morgan fingerprint density at radius 2 is 1.82 bits per heavy atom. The molecule has 1 N–H and O–H groups in total. The summed E-state index contributed by atoms with van der Waals surface area (Å²) in [6.07, 6.45) is 0.861. The molecule has 1 atom stereocenters. The van der Waals surface area contributed by atoms with E-state index in [1.807, 2.05) is 19.1 Å². The van der Waals surface area contributed by atoms with Crippen molar-refractivity contribution in [2.24, 2.45) is 5.92 Å². The first kappa shape index (κ1) is 27.3. The van der Waals surface area contributed by atoms with Gasteiger partial charge in [0.05, 0.1) is 35.5 Å². The van der Waals surface area contributed by atoms with Crippen molar-refractivity contribution < 1.29 is 28.6 Å². The van der Waals surface area contributed by atoms with Crippen molar-refractivity contribution in [3.05, 3.63) is 88.7 Å². The largest absolute Gasteiger partial charge is 0.507 e. The van der Waals surface area contributed by atoms with Gasteiger partial charge in [0, 0.05) is 5.56 Å². The first-order chi connectivity index (χ1) is 19.2. The highest BCUT2D eigenvalue weighted by molar-refractivity contribution is 7.22. The van der Waals surface area contributed by atoms with Crippen molar-refractivity contribution in [3.8, 4) is 11.5 Å². The number of halogens is 1. The van der Waals surface area contributed by atoms with E-state index in [0.29, 0.717) is 45.4 Å². The number of nitrogens with zero attached hydrogens (tertiary/aromatic N) is 2. The number of Topliss-reactive ketones (excluding diaryl/α,β-unsaturated/α-hetero) is 1. The van der Waals surface area contributed by atoms with E-state index >= 15 is 0 Å². The van der Waals surface area contributed by atoms with Crippen molar-refractivity contribution in [2.75, 3.05) is 18.6 Å². The zero-order valence-corrected chi connectivity index (χ0v) is 23.4. The Kier molecular flexibility index (Phi) is 7.58. The van der Waals surface area contributed by atoms with Gasteiger partial charge in [-0.25, -0.2) is 9.37 Å². The molecule has 206 valence electrons. The van der Waals surface area contributed by atoms with Crippen LogP contribution in [0.25, 0.3) is 16.0 Å². The third-order valence-corrected chi connectivity index (χ3v) is 7.79. The molecule has 1 amide bonds. The summed E-state index contributed by atoms with van der Waals surface area (Å²) in [5, 5.41) is 11.6. The Hall–Kier alpha value is -4.24. The fourth-order valence-electron chi connectivity index (χ4n) is 4.58. The van der Waals surface area contributed by atoms with Crippen molar-refractivity contribution in [2.45, 2.75) is 33.2 Å². The number of fused-ring (bicyclic) bond motifs is 1. The van der Waals surface area contributed by atoms with Gasteiger partial charge < -0.3 is 14.6 Å². The number of hydrogen-bond acceptors (Lipinski definition) is 7. The molecule has 1 aromatic heterocycles. The first-order valence-electron chi connectivity index (χ1n) is 12.9. The number of thiazole rings is 1. The van der Waals surface area contributed by atoms with Crippen molar-refractivity contribution in [1.82, 2.24) is 4.98 Å². The lowest BCUT2D eigenvalue weighted by atomic mass is 9.95. The highest BCUT2D eigenvalue weighted by Gasteiger charge is 2.48. The second-order valence-corrected chi connectivity index (χ2v) is 11.1. The quantitative estimate of drug-likeness (QED) is 0.145. The monoisotopic (exact) mass is 560 g/mol. The number of aromatic nitrogens is 1. The molecule has 1 saturated heterocycles. The lowest BCUT2D eigenvalue weighted by Gasteiger charge is -2.24. The standard InChI is InChI=1S/C31H29FN2O5S/c1-17(2)13-14-39-23-12-9-20(15-24(23)38-4)27-26(28(35)19-7-5-18(3)6-8-19)29(36)30(37)34(27)31-33-22-11-10-21(32)16-25(22)40-31/h5-12,15-17,27,35H,13-14H2,1-4H3/b28-26+. The van der Waals surface area contributed by atoms with E-state index in [2.05, 4.69) is 18.8 Å². The summed E-state index contributed by atoms with van der Waals surface area (Å²) in [6, 6.07) is 15.3. The normalized spacial score (nSPS) is 16.8. The van der Waals surface area contributed by atoms with Gasteiger partial charge in [0.15, 0.2) is 16.6 Å². The van der Waals surface area contributed by atoms with Crippen LogP contribution in [-0.2, 0) is 9.59 Å². The summed E-state index contributed by atoms with van der Waals surface area (Å²) in [7, 11) is 1.51. The Morgan fingerprint density at radius 1 is 1.07 bits per heavy atom. The van der Waals surface area contributed by atoms with Crippen LogP contribution >= 0.6 is 11.3 Å². The van der Waals surface area contributed by atoms with Crippen LogP contribution in [0.15, 0.2) is 66.2 Å². The molecule has 40 heavy (non-hydrogen) atoms. The molecule has 2 heterocycles. The number of hydrogen-bond donors (Lipinski definition) is 1. The molecule has 0 spiro atoms. The van der Waals surface area contributed by atoms with Gasteiger partial charge in [0.2, 0.25) is 0 Å². The number of carbonyl (C=O) groups excluding carboxylic acids is 2. The SMILES string of the molecule is COc1cc(C2/C(=C(\O)c3ccc(C)cc3)C(=O)C(=O)N2c2nc3ccc(F)cc3s2)ccc1OCCC(C)C. The zero-order valence-electron chi connectivity index (χ0n) is 22.6. The van der Waals surface area contributed by atoms with Gasteiger partial charge in [-0.15, -0.1) is 0 Å². The molecule has 4 aromatic rings. The minimum atomic E-state index is -1.01. The zero-order chi connectivity index (χ0) is 28.6. The third-order valence-electron chi connectivity index (χ3n) is 6.77. The summed E-state index contributed by atoms with van der Waals surface area (Å²) in [4.78, 5) is 32.8. The molecule has 0 radical (unpaired) electrons. The second kappa shape index (κ2) is 11.1. The molecule has 0 bridgehead atoms. The van der Waals surface area contributed by atoms with Gasteiger partial charge in [-0.05, 0) is 55.2 Å². The number of ether oxygens (including phenoxy) is 2. The number of benzene rings is 3. The van der Waals surface area contributed by atoms with Crippen LogP contribution in [0.1, 0.15) is 43.0 Å². The smallest absolute Gasteiger partial charge is 0.301 e. The third kappa shape index (κ3) is 5.16. The summed E-state index contributed by atoms with van der Waals surface area (Å²) in [5.74, 6) is -0.993. The number of rotatable bonds is 8. The van der Waals surface area contributed by atoms with Gasteiger partial charge in [0.1, 0.15) is 11.6 Å². The summed E-state index contributed by atoms with van der Waals surface area (Å²) in [5.41, 5.74) is 2.32. The number of ketones is 1. The van der Waals surface area contributed by atoms with Crippen LogP contribution in [0.3, 0.4) is 0 Å². The van der Waals surface area contributed by atoms with Crippen LogP contribution in [-0.4, -0.2) is 35.5 Å². The number of aryl methyl sites for hydroxylation is 1. The van der Waals surface area contributed by atoms with E-state index in [4.69, 9.17) is 9.47 Å². The molecule has 1 aliphatic rings. The van der Waals surface area contributed by atoms with Gasteiger partial charge in [-0.3, -0.25) is 14.5 Å². The molecule has 3 aromatic carbocycles. The van der Waals surface area contributed by atoms with Gasteiger partial charge in [0.25, 0.3) is 5.78 Å². The molecule has 9 heteroatoms. The average Bonchev–Trinajstić information content (AvgIpc) is 3.46. The Morgan fingerprint density at radius 3 is 2.52 bits per heavy atom. The Balaban J connectivity index is 1.66. The fourth-order valence-corrected chi connectivity index (χ4v) is 5.60. The molecule has 1 unspecified atom stereocenters. The molecular formula is C31H29FN2O5S. The van der Waals surface area contributed by atoms with Gasteiger partial charge >= 0.3 is 5.91 Å². The number of methoxy groups -OCH3 is 1. The van der Waals surface area contributed by atoms with Gasteiger partial charge in [-0.2, -0.15) is 0 Å². The number of anilines is 1. The molecule has 1 fully saturated rings. The minimum Gasteiger partial charge on any atom is -0.507 e. The Labute approximate surface area is 235 Å². The second-order valence-electron chi connectivity index (χ2n) is 10.1. The van der Waals surface area contributed by atoms with Crippen LogP contribution < -0.4 is 14.4 Å². The maximum atomic E-state index is 13.9. The van der Waals surface area contributed by atoms with Crippen LogP contribution in [0.5, 0.6) is 11.5 Å². The number of aliphatic hydroxyl groups is 1. The van der Waals surface area contributed by atoms with Crippen molar-refractivity contribution >= 4 is 44.1 Å². The van der Waals surface area contributed by atoms with E-state index < -0.39 is 23.5 Å². The lowest BCUT2D eigenvalue weighted by molar-refractivity contribution is -0.132. The van der Waals surface area contributed by atoms with E-state index in [9.17, 15) is 19.1 Å². The minimum absolute atomic E-state index is 0.0742. The molecule has 1 aliphatic heterocycles. The average molecular weight is 561 g/mol. The van der Waals surface area contributed by atoms with Gasteiger partial charge in [-0.1, -0.05) is 61.1 Å². The summed E-state index contributed by atoms with van der Waals surface area (Å²) < 4.78 is 26.0. The van der Waals surface area contributed by atoms with Crippen LogP contribution in [0.4, 0.5) is 9.52 Å². The fraction of sp³-hybridized carbons (Fsp3) is 0.258. The van der Waals surface area contributed by atoms with Crippen LogP contribution in [0, 0.1) is 18.7 Å². The first-order valence-corrected chi connectivity index (χ1v) is 13.7. The molecule has 7 nitrogen and oxygen atoms in total. The maximum absolute atomic E-state index is 13.9. The molecule has 0 saturated carbocycles. The predicted octanol–water partition coefficient (Wildman–Crippen LogP) is 6.80. The molecule has 0 aliphatic carbocycles. The summed E-state index contributed by atoms with van der Waals surface area (Å²) >= 11 is 1.09. The molecular weight excluding hydrogens is 531 g/mol. The highest BCUT2D eigenvalue weighted by atomic mass is 32.1. The van der Waals surface area contributed by atoms with E-state index in [1.54, 1.807) is 30.3 Å². The molecule has 5 rings (SSSR count). The number of aliphatic hydroxyl groups excluding tert-OH is 1. The lowest BCUT2D eigenvalue weighted by Crippen LogP contribution is -2.29. The number of amides is 1. The maximum Gasteiger partial charge on any atom is 0.301 e. The predicted molar refractivity (Wildman–Crippen MR) is 153 cm³/mol. The van der Waals surface area contributed by atoms with E-state index in [1.165, 1.54) is 30.2 Å². The van der Waals surface area contributed by atoms with Crippen molar-refractivity contribution in [1.29, 1.82) is 0 Å². The van der Waals surface area contributed by atoms with E-state index in [0.717, 1.165) is 23.3 Å².